The zero-order valence-electron chi connectivity index (χ0n) is 12.7. The molecule has 0 radical (unpaired) electrons. The van der Waals surface area contributed by atoms with Crippen LogP contribution in [-0.4, -0.2) is 39.7 Å². The van der Waals surface area contributed by atoms with E-state index < -0.39 is 0 Å². The van der Waals surface area contributed by atoms with E-state index in [1.54, 1.807) is 6.20 Å². The van der Waals surface area contributed by atoms with Crippen LogP contribution >= 0.6 is 12.4 Å². The lowest BCUT2D eigenvalue weighted by molar-refractivity contribution is 0.135. The highest BCUT2D eigenvalue weighted by molar-refractivity contribution is 5.85. The number of aromatic nitrogens is 3. The Hall–Kier alpha value is -1.50. The van der Waals surface area contributed by atoms with Gasteiger partial charge in [-0.1, -0.05) is 18.1 Å². The standard InChI is InChI=1S/C15H21N5O.ClH/c1-2-4-14-18-15(21-19-14)11-20-8-7-17-10-13(20)12-5-3-6-16-9-12;/h3,5-6,9,13,17H,2,4,7-8,10-11H2,1H3;1H. The van der Waals surface area contributed by atoms with Gasteiger partial charge in [-0.25, -0.2) is 0 Å². The second-order valence-corrected chi connectivity index (χ2v) is 5.33. The Bertz CT molecular complexity index is 562. The SMILES string of the molecule is CCCc1noc(CN2CCNCC2c2cccnc2)n1.Cl. The monoisotopic (exact) mass is 323 g/mol. The van der Waals surface area contributed by atoms with Crippen LogP contribution < -0.4 is 5.32 Å². The Morgan fingerprint density at radius 2 is 2.36 bits per heavy atom. The summed E-state index contributed by atoms with van der Waals surface area (Å²) >= 11 is 0. The number of piperazine rings is 1. The van der Waals surface area contributed by atoms with E-state index in [0.717, 1.165) is 38.3 Å². The Morgan fingerprint density at radius 1 is 1.45 bits per heavy atom. The second kappa shape index (κ2) is 8.22. The van der Waals surface area contributed by atoms with E-state index in [9.17, 15) is 0 Å². The summed E-state index contributed by atoms with van der Waals surface area (Å²) in [6.45, 7) is 5.67. The van der Waals surface area contributed by atoms with Crippen molar-refractivity contribution in [3.8, 4) is 0 Å². The number of rotatable bonds is 5. The van der Waals surface area contributed by atoms with Crippen molar-refractivity contribution in [1.82, 2.24) is 25.3 Å². The van der Waals surface area contributed by atoms with Gasteiger partial charge in [0.2, 0.25) is 5.89 Å². The van der Waals surface area contributed by atoms with Crippen LogP contribution in [0.2, 0.25) is 0 Å². The largest absolute Gasteiger partial charge is 0.338 e. The molecule has 1 aliphatic rings. The molecule has 0 aliphatic carbocycles. The fourth-order valence-corrected chi connectivity index (χ4v) is 2.69. The predicted octanol–water partition coefficient (Wildman–Crippen LogP) is 1.99. The summed E-state index contributed by atoms with van der Waals surface area (Å²) in [5.41, 5.74) is 1.22. The van der Waals surface area contributed by atoms with Gasteiger partial charge in [-0.3, -0.25) is 9.88 Å². The summed E-state index contributed by atoms with van der Waals surface area (Å²) in [4.78, 5) is 11.1. The molecule has 22 heavy (non-hydrogen) atoms. The average Bonchev–Trinajstić information content (AvgIpc) is 2.96. The summed E-state index contributed by atoms with van der Waals surface area (Å²) in [7, 11) is 0. The quantitative estimate of drug-likeness (QED) is 0.907. The van der Waals surface area contributed by atoms with Crippen molar-refractivity contribution in [2.24, 2.45) is 0 Å². The van der Waals surface area contributed by atoms with Gasteiger partial charge in [0.1, 0.15) is 0 Å². The number of nitrogens with one attached hydrogen (secondary N) is 1. The van der Waals surface area contributed by atoms with Crippen molar-refractivity contribution in [3.05, 3.63) is 41.8 Å². The van der Waals surface area contributed by atoms with Crippen LogP contribution in [0.4, 0.5) is 0 Å². The lowest BCUT2D eigenvalue weighted by Crippen LogP contribution is -2.45. The topological polar surface area (TPSA) is 67.1 Å². The molecule has 0 spiro atoms. The summed E-state index contributed by atoms with van der Waals surface area (Å²) in [6, 6.07) is 4.40. The third-order valence-electron chi connectivity index (χ3n) is 3.75. The van der Waals surface area contributed by atoms with Gasteiger partial charge in [-0.05, 0) is 18.1 Å². The lowest BCUT2D eigenvalue weighted by Gasteiger charge is -2.35. The first kappa shape index (κ1) is 16.9. The maximum Gasteiger partial charge on any atom is 0.240 e. The van der Waals surface area contributed by atoms with E-state index in [-0.39, 0.29) is 12.4 Å². The molecule has 1 unspecified atom stereocenters. The highest BCUT2D eigenvalue weighted by atomic mass is 35.5. The molecule has 1 aliphatic heterocycles. The minimum Gasteiger partial charge on any atom is -0.338 e. The highest BCUT2D eigenvalue weighted by Crippen LogP contribution is 2.23. The van der Waals surface area contributed by atoms with Gasteiger partial charge >= 0.3 is 0 Å². The Morgan fingerprint density at radius 3 is 3.14 bits per heavy atom. The molecule has 2 aromatic rings. The first-order valence-corrected chi connectivity index (χ1v) is 7.53. The summed E-state index contributed by atoms with van der Waals surface area (Å²) in [5.74, 6) is 1.51. The van der Waals surface area contributed by atoms with Gasteiger partial charge < -0.3 is 9.84 Å². The molecule has 1 saturated heterocycles. The number of hydrogen-bond donors (Lipinski definition) is 1. The van der Waals surface area contributed by atoms with Crippen LogP contribution in [0, 0.1) is 0 Å². The molecular weight excluding hydrogens is 302 g/mol. The van der Waals surface area contributed by atoms with Gasteiger partial charge in [0.05, 0.1) is 6.54 Å². The first-order chi connectivity index (χ1) is 10.4. The zero-order valence-corrected chi connectivity index (χ0v) is 13.6. The van der Waals surface area contributed by atoms with Crippen molar-refractivity contribution in [3.63, 3.8) is 0 Å². The molecule has 0 saturated carbocycles. The van der Waals surface area contributed by atoms with Crippen LogP contribution in [0.3, 0.4) is 0 Å². The number of aryl methyl sites for hydroxylation is 1. The Labute approximate surface area is 136 Å². The number of nitrogens with zero attached hydrogens (tertiary/aromatic N) is 4. The maximum absolute atomic E-state index is 5.37. The molecule has 0 bridgehead atoms. The third kappa shape index (κ3) is 4.03. The highest BCUT2D eigenvalue weighted by Gasteiger charge is 2.25. The van der Waals surface area contributed by atoms with E-state index in [2.05, 4.69) is 38.3 Å². The van der Waals surface area contributed by atoms with Crippen molar-refractivity contribution in [2.45, 2.75) is 32.4 Å². The minimum atomic E-state index is 0. The fourth-order valence-electron chi connectivity index (χ4n) is 2.69. The van der Waals surface area contributed by atoms with Crippen LogP contribution in [0.5, 0.6) is 0 Å². The van der Waals surface area contributed by atoms with E-state index in [0.29, 0.717) is 18.5 Å². The van der Waals surface area contributed by atoms with Crippen molar-refractivity contribution >= 4 is 12.4 Å². The number of halogens is 1. The Kier molecular flexibility index (Phi) is 6.30. The zero-order chi connectivity index (χ0) is 14.5. The molecule has 0 amide bonds. The molecule has 120 valence electrons. The molecule has 1 N–H and O–H groups in total. The maximum atomic E-state index is 5.37. The predicted molar refractivity (Wildman–Crippen MR) is 85.8 cm³/mol. The molecule has 7 heteroatoms. The summed E-state index contributed by atoms with van der Waals surface area (Å²) in [6.07, 6.45) is 5.64. The minimum absolute atomic E-state index is 0. The fraction of sp³-hybridized carbons (Fsp3) is 0.533. The summed E-state index contributed by atoms with van der Waals surface area (Å²) < 4.78 is 5.37. The van der Waals surface area contributed by atoms with Gasteiger partial charge in [-0.15, -0.1) is 12.4 Å². The number of hydrogen-bond acceptors (Lipinski definition) is 6. The first-order valence-electron chi connectivity index (χ1n) is 7.53. The molecule has 2 aromatic heterocycles. The Balaban J connectivity index is 0.00000176. The van der Waals surface area contributed by atoms with Crippen molar-refractivity contribution in [1.29, 1.82) is 0 Å². The van der Waals surface area contributed by atoms with E-state index in [1.165, 1.54) is 5.56 Å². The van der Waals surface area contributed by atoms with E-state index in [1.807, 2.05) is 12.3 Å². The van der Waals surface area contributed by atoms with Crippen LogP contribution in [0.15, 0.2) is 29.0 Å². The molecule has 6 nitrogen and oxygen atoms in total. The third-order valence-corrected chi connectivity index (χ3v) is 3.75. The van der Waals surface area contributed by atoms with Crippen molar-refractivity contribution < 1.29 is 4.52 Å². The van der Waals surface area contributed by atoms with Gasteiger partial charge in [0, 0.05) is 44.5 Å². The summed E-state index contributed by atoms with van der Waals surface area (Å²) in [5, 5.41) is 7.47. The van der Waals surface area contributed by atoms with Gasteiger partial charge in [0.25, 0.3) is 0 Å². The average molecular weight is 324 g/mol. The molecule has 1 fully saturated rings. The second-order valence-electron chi connectivity index (χ2n) is 5.33. The van der Waals surface area contributed by atoms with E-state index in [4.69, 9.17) is 4.52 Å². The normalized spacial score (nSPS) is 18.9. The lowest BCUT2D eigenvalue weighted by atomic mass is 10.1. The molecule has 3 rings (SSSR count). The molecule has 3 heterocycles. The molecule has 1 atom stereocenters. The molecular formula is C15H22ClN5O. The smallest absolute Gasteiger partial charge is 0.240 e. The van der Waals surface area contributed by atoms with Crippen LogP contribution in [0.1, 0.15) is 36.7 Å². The molecule has 0 aromatic carbocycles. The van der Waals surface area contributed by atoms with Gasteiger partial charge in [-0.2, -0.15) is 4.98 Å². The van der Waals surface area contributed by atoms with Crippen molar-refractivity contribution in [2.75, 3.05) is 19.6 Å². The van der Waals surface area contributed by atoms with Gasteiger partial charge in [0.15, 0.2) is 5.82 Å². The number of pyridine rings is 1. The van der Waals surface area contributed by atoms with E-state index >= 15 is 0 Å². The van der Waals surface area contributed by atoms with Crippen LogP contribution in [-0.2, 0) is 13.0 Å². The van der Waals surface area contributed by atoms with Crippen LogP contribution in [0.25, 0.3) is 0 Å².